The van der Waals surface area contributed by atoms with E-state index in [9.17, 15) is 0 Å². The van der Waals surface area contributed by atoms with E-state index in [0.717, 1.165) is 11.3 Å². The molecule has 0 unspecified atom stereocenters. The summed E-state index contributed by atoms with van der Waals surface area (Å²) in [6.07, 6.45) is 3.28. The molecule has 1 aromatic carbocycles. The number of nitrogens with one attached hydrogen (secondary N) is 1. The van der Waals surface area contributed by atoms with Crippen LogP contribution >= 0.6 is 0 Å². The first kappa shape index (κ1) is 11.3. The van der Waals surface area contributed by atoms with Crippen LogP contribution in [-0.4, -0.2) is 27.2 Å². The third-order valence-electron chi connectivity index (χ3n) is 2.61. The summed E-state index contributed by atoms with van der Waals surface area (Å²) in [6.45, 7) is 0. The van der Waals surface area contributed by atoms with Crippen molar-refractivity contribution in [2.24, 2.45) is 0 Å². The van der Waals surface area contributed by atoms with E-state index >= 15 is 0 Å². The molecule has 0 aliphatic rings. The molecule has 0 amide bonds. The van der Waals surface area contributed by atoms with Gasteiger partial charge in [-0.2, -0.15) is 4.98 Å². The predicted octanol–water partition coefficient (Wildman–Crippen LogP) is 2.24. The third kappa shape index (κ3) is 2.28. The molecule has 2 heterocycles. The number of rotatable bonds is 3. The van der Waals surface area contributed by atoms with Crippen molar-refractivity contribution in [3.8, 4) is 23.1 Å². The zero-order valence-corrected chi connectivity index (χ0v) is 10.2. The summed E-state index contributed by atoms with van der Waals surface area (Å²) in [4.78, 5) is 12.4. The topological polar surface area (TPSA) is 76.7 Å². The number of hydrogen-bond acceptors (Lipinski definition) is 6. The van der Waals surface area contributed by atoms with Crippen molar-refractivity contribution in [1.82, 2.24) is 20.1 Å². The molecule has 0 aliphatic heterocycles. The Hall–Kier alpha value is -2.76. The Balaban J connectivity index is 1.92. The van der Waals surface area contributed by atoms with Crippen molar-refractivity contribution in [3.63, 3.8) is 0 Å². The Morgan fingerprint density at radius 3 is 2.42 bits per heavy atom. The molecule has 0 spiro atoms. The van der Waals surface area contributed by atoms with Gasteiger partial charge >= 0.3 is 0 Å². The first-order valence-corrected chi connectivity index (χ1v) is 5.76. The van der Waals surface area contributed by atoms with Crippen molar-refractivity contribution in [1.29, 1.82) is 0 Å². The Labute approximate surface area is 109 Å². The van der Waals surface area contributed by atoms with Gasteiger partial charge in [0.2, 0.25) is 11.6 Å². The summed E-state index contributed by atoms with van der Waals surface area (Å²) in [7, 11) is 1.87. The zero-order valence-electron chi connectivity index (χ0n) is 10.2. The normalized spacial score (nSPS) is 10.4. The lowest BCUT2D eigenvalue weighted by atomic mass is 10.2. The largest absolute Gasteiger partial charge is 0.388 e. The van der Waals surface area contributed by atoms with Crippen LogP contribution in [-0.2, 0) is 0 Å². The molecule has 0 bridgehead atoms. The number of benzene rings is 1. The van der Waals surface area contributed by atoms with Crippen molar-refractivity contribution in [3.05, 3.63) is 42.7 Å². The molecule has 0 saturated carbocycles. The molecule has 0 atom stereocenters. The van der Waals surface area contributed by atoms with E-state index in [-0.39, 0.29) is 0 Å². The minimum absolute atomic E-state index is 0.383. The monoisotopic (exact) mass is 253 g/mol. The van der Waals surface area contributed by atoms with Gasteiger partial charge in [-0.25, -0.2) is 9.97 Å². The summed E-state index contributed by atoms with van der Waals surface area (Å²) >= 11 is 0. The highest BCUT2D eigenvalue weighted by Gasteiger charge is 2.11. The summed E-state index contributed by atoms with van der Waals surface area (Å²) in [5.74, 6) is 1.28. The summed E-state index contributed by atoms with van der Waals surface area (Å²) < 4.78 is 5.22. The van der Waals surface area contributed by atoms with Gasteiger partial charge in [-0.05, 0) is 30.3 Å². The predicted molar refractivity (Wildman–Crippen MR) is 70.3 cm³/mol. The fourth-order valence-corrected chi connectivity index (χ4v) is 1.63. The smallest absolute Gasteiger partial charge is 0.258 e. The molecule has 94 valence electrons. The van der Waals surface area contributed by atoms with E-state index < -0.39 is 0 Å². The van der Waals surface area contributed by atoms with E-state index in [4.69, 9.17) is 4.52 Å². The molecule has 0 radical (unpaired) electrons. The second-order valence-corrected chi connectivity index (χ2v) is 3.82. The maximum atomic E-state index is 5.22. The van der Waals surface area contributed by atoms with Gasteiger partial charge in [0, 0.05) is 30.7 Å². The lowest BCUT2D eigenvalue weighted by Crippen LogP contribution is -1.89. The van der Waals surface area contributed by atoms with Crippen LogP contribution in [0.3, 0.4) is 0 Å². The quantitative estimate of drug-likeness (QED) is 0.771. The summed E-state index contributed by atoms with van der Waals surface area (Å²) in [5, 5.41) is 6.93. The molecular formula is C13H11N5O. The number of nitrogens with zero attached hydrogens (tertiary/aromatic N) is 4. The summed E-state index contributed by atoms with van der Waals surface area (Å²) in [6, 6.07) is 9.45. The number of anilines is 1. The van der Waals surface area contributed by atoms with E-state index in [1.165, 1.54) is 0 Å². The van der Waals surface area contributed by atoms with Crippen molar-refractivity contribution >= 4 is 5.69 Å². The SMILES string of the molecule is CNc1ccc(-c2nc(-c3ncccn3)no2)cc1. The van der Waals surface area contributed by atoms with Gasteiger partial charge < -0.3 is 9.84 Å². The Bertz CT molecular complexity index is 663. The maximum absolute atomic E-state index is 5.22. The van der Waals surface area contributed by atoms with Gasteiger partial charge in [0.25, 0.3) is 5.89 Å². The fourth-order valence-electron chi connectivity index (χ4n) is 1.63. The van der Waals surface area contributed by atoms with Gasteiger partial charge in [-0.1, -0.05) is 5.16 Å². The molecule has 0 fully saturated rings. The van der Waals surface area contributed by atoms with Crippen molar-refractivity contribution in [2.45, 2.75) is 0 Å². The Kier molecular flexibility index (Phi) is 2.89. The van der Waals surface area contributed by atoms with Gasteiger partial charge in [0.05, 0.1) is 0 Å². The molecule has 0 saturated heterocycles. The van der Waals surface area contributed by atoms with Crippen LogP contribution in [0.5, 0.6) is 0 Å². The highest BCUT2D eigenvalue weighted by Crippen LogP contribution is 2.21. The van der Waals surface area contributed by atoms with E-state index in [1.807, 2.05) is 31.3 Å². The Morgan fingerprint density at radius 2 is 1.74 bits per heavy atom. The standard InChI is InChI=1S/C13H11N5O/c1-14-10-5-3-9(4-6-10)13-17-12(18-19-13)11-15-7-2-8-16-11/h2-8,14H,1H3. The van der Waals surface area contributed by atoms with Crippen LogP contribution in [0.2, 0.25) is 0 Å². The van der Waals surface area contributed by atoms with Crippen molar-refractivity contribution in [2.75, 3.05) is 12.4 Å². The van der Waals surface area contributed by atoms with Gasteiger partial charge in [0.15, 0.2) is 0 Å². The Morgan fingerprint density at radius 1 is 1.00 bits per heavy atom. The first-order chi connectivity index (χ1) is 9.36. The minimum atomic E-state index is 0.383. The first-order valence-electron chi connectivity index (χ1n) is 5.76. The van der Waals surface area contributed by atoms with E-state index in [1.54, 1.807) is 18.5 Å². The zero-order chi connectivity index (χ0) is 13.1. The van der Waals surface area contributed by atoms with Gasteiger partial charge in [0.1, 0.15) is 0 Å². The average molecular weight is 253 g/mol. The molecular weight excluding hydrogens is 242 g/mol. The molecule has 6 heteroatoms. The van der Waals surface area contributed by atoms with Crippen LogP contribution in [0.25, 0.3) is 23.1 Å². The van der Waals surface area contributed by atoms with Gasteiger partial charge in [-0.3, -0.25) is 0 Å². The third-order valence-corrected chi connectivity index (χ3v) is 2.61. The molecule has 0 aliphatic carbocycles. The number of hydrogen-bond donors (Lipinski definition) is 1. The highest BCUT2D eigenvalue weighted by atomic mass is 16.5. The molecule has 2 aromatic heterocycles. The molecule has 19 heavy (non-hydrogen) atoms. The van der Waals surface area contributed by atoms with Crippen LogP contribution in [0.1, 0.15) is 0 Å². The second-order valence-electron chi connectivity index (χ2n) is 3.82. The van der Waals surface area contributed by atoms with Crippen LogP contribution < -0.4 is 5.32 Å². The molecule has 3 aromatic rings. The minimum Gasteiger partial charge on any atom is -0.388 e. The van der Waals surface area contributed by atoms with E-state index in [0.29, 0.717) is 17.5 Å². The fraction of sp³-hybridized carbons (Fsp3) is 0.0769. The average Bonchev–Trinajstić information content (AvgIpc) is 2.98. The number of aromatic nitrogens is 4. The molecule has 1 N–H and O–H groups in total. The van der Waals surface area contributed by atoms with Gasteiger partial charge in [-0.15, -0.1) is 0 Å². The molecule has 3 rings (SSSR count). The maximum Gasteiger partial charge on any atom is 0.258 e. The van der Waals surface area contributed by atoms with Crippen LogP contribution in [0, 0.1) is 0 Å². The van der Waals surface area contributed by atoms with E-state index in [2.05, 4.69) is 25.4 Å². The van der Waals surface area contributed by atoms with Crippen LogP contribution in [0.15, 0.2) is 47.2 Å². The lowest BCUT2D eigenvalue weighted by Gasteiger charge is -1.99. The highest BCUT2D eigenvalue weighted by molar-refractivity contribution is 5.59. The van der Waals surface area contributed by atoms with Crippen LogP contribution in [0.4, 0.5) is 5.69 Å². The lowest BCUT2D eigenvalue weighted by molar-refractivity contribution is 0.432. The van der Waals surface area contributed by atoms with Crippen molar-refractivity contribution < 1.29 is 4.52 Å². The summed E-state index contributed by atoms with van der Waals surface area (Å²) in [5.41, 5.74) is 1.88. The molecule has 6 nitrogen and oxygen atoms in total. The second kappa shape index (κ2) is 4.85.